The molecule has 0 aromatic rings. The first-order valence-corrected chi connectivity index (χ1v) is 23.2. The molecule has 0 aliphatic rings. The summed E-state index contributed by atoms with van der Waals surface area (Å²) in [5, 5.41) is 13.8. The van der Waals surface area contributed by atoms with Gasteiger partial charge >= 0.3 is 7.82 Å². The fourth-order valence-electron chi connectivity index (χ4n) is 5.79. The van der Waals surface area contributed by atoms with Crippen molar-refractivity contribution in [3.8, 4) is 0 Å². The number of aliphatic hydroxyl groups excluding tert-OH is 1. The highest BCUT2D eigenvalue weighted by atomic mass is 31.2. The SMILES string of the molecule is CC/C=C\C/C=C\C/C=C\C/C=C\CCCCCCC(=O)NC(COP(=O)(O)OCC[N+](C)(C)C)C(O)/C=C/CCCCCCCCCCCCCCC. The van der Waals surface area contributed by atoms with E-state index in [2.05, 4.69) is 67.8 Å². The number of likely N-dealkylation sites (N-methyl/N-ethyl adjacent to an activating group) is 1. The molecule has 0 aromatic carbocycles. The normalized spacial score (nSPS) is 15.0. The van der Waals surface area contributed by atoms with Gasteiger partial charge in [-0.05, 0) is 57.8 Å². The molecule has 54 heavy (non-hydrogen) atoms. The molecule has 0 spiro atoms. The Bertz CT molecular complexity index is 1060. The number of nitrogens with one attached hydrogen (secondary N) is 1. The van der Waals surface area contributed by atoms with Crippen LogP contribution in [0, 0.1) is 0 Å². The lowest BCUT2D eigenvalue weighted by atomic mass is 10.0. The van der Waals surface area contributed by atoms with Gasteiger partial charge in [0.2, 0.25) is 5.91 Å². The zero-order valence-corrected chi connectivity index (χ0v) is 36.3. The number of hydrogen-bond donors (Lipinski definition) is 3. The van der Waals surface area contributed by atoms with Crippen LogP contribution in [0.2, 0.25) is 0 Å². The average molecular weight is 780 g/mol. The Labute approximate surface area is 332 Å². The molecule has 0 aliphatic carbocycles. The molecule has 9 heteroatoms. The number of carbonyl (C=O) groups is 1. The Kier molecular flexibility index (Phi) is 35.6. The van der Waals surface area contributed by atoms with Gasteiger partial charge in [0, 0.05) is 6.42 Å². The van der Waals surface area contributed by atoms with Gasteiger partial charge in [-0.3, -0.25) is 13.8 Å². The molecule has 0 aromatic heterocycles. The summed E-state index contributed by atoms with van der Waals surface area (Å²) in [6, 6.07) is -0.860. The number of phosphoric ester groups is 1. The number of rotatable bonds is 38. The number of aliphatic hydroxyl groups is 1. The zero-order valence-electron chi connectivity index (χ0n) is 35.4. The first kappa shape index (κ1) is 52.2. The Hall–Kier alpha value is -1.80. The standard InChI is InChI=1S/C45H83N2O6P/c1-6-8-10-12-14-16-18-20-22-23-25-27-29-31-33-35-37-39-45(49)46-43(42-53-54(50,51)52-41-40-47(3,4)5)44(48)38-36-34-32-30-28-26-24-21-19-17-15-13-11-9-7-2/h8,10,14,16,20,22,25,27,36,38,43-44,48H,6-7,9,11-13,15,17-19,21,23-24,26,28-35,37,39-42H2,1-5H3,(H-,46,49,50,51)/p+1/b10-8-,16-14-,22-20-,27-25-,38-36+. The van der Waals surface area contributed by atoms with E-state index in [0.29, 0.717) is 17.4 Å². The van der Waals surface area contributed by atoms with Gasteiger partial charge < -0.3 is 19.8 Å². The highest BCUT2D eigenvalue weighted by Crippen LogP contribution is 2.43. The molecule has 1 amide bonds. The van der Waals surface area contributed by atoms with Gasteiger partial charge in [-0.1, -0.05) is 164 Å². The molecule has 0 aliphatic heterocycles. The van der Waals surface area contributed by atoms with Crippen LogP contribution in [0.4, 0.5) is 0 Å². The highest BCUT2D eigenvalue weighted by Gasteiger charge is 2.27. The third-order valence-corrected chi connectivity index (χ3v) is 10.2. The van der Waals surface area contributed by atoms with E-state index in [1.165, 1.54) is 70.6 Å². The maximum atomic E-state index is 12.8. The van der Waals surface area contributed by atoms with Crippen LogP contribution in [0.5, 0.6) is 0 Å². The molecule has 0 radical (unpaired) electrons. The first-order chi connectivity index (χ1) is 26.0. The molecular weight excluding hydrogens is 695 g/mol. The molecule has 0 rings (SSSR count). The third kappa shape index (κ3) is 38.5. The van der Waals surface area contributed by atoms with E-state index >= 15 is 0 Å². The molecule has 3 N–H and O–H groups in total. The topological polar surface area (TPSA) is 105 Å². The first-order valence-electron chi connectivity index (χ1n) is 21.7. The summed E-state index contributed by atoms with van der Waals surface area (Å²) < 4.78 is 23.5. The lowest BCUT2D eigenvalue weighted by Crippen LogP contribution is -2.45. The summed E-state index contributed by atoms with van der Waals surface area (Å²) in [6.07, 6.45) is 47.1. The Morgan fingerprint density at radius 1 is 0.648 bits per heavy atom. The summed E-state index contributed by atoms with van der Waals surface area (Å²) in [5.74, 6) is -0.204. The predicted octanol–water partition coefficient (Wildman–Crippen LogP) is 11.9. The molecule has 0 heterocycles. The van der Waals surface area contributed by atoms with Gasteiger partial charge in [0.05, 0.1) is 39.9 Å². The van der Waals surface area contributed by atoms with E-state index in [0.717, 1.165) is 77.0 Å². The van der Waals surface area contributed by atoms with Crippen LogP contribution >= 0.6 is 7.82 Å². The number of unbranched alkanes of at least 4 members (excludes halogenated alkanes) is 17. The lowest BCUT2D eigenvalue weighted by Gasteiger charge is -2.25. The molecular formula is C45H84N2O6P+. The fourth-order valence-corrected chi connectivity index (χ4v) is 6.53. The van der Waals surface area contributed by atoms with Crippen molar-refractivity contribution in [1.29, 1.82) is 0 Å². The minimum Gasteiger partial charge on any atom is -0.387 e. The van der Waals surface area contributed by atoms with Crippen molar-refractivity contribution in [1.82, 2.24) is 5.32 Å². The number of phosphoric acid groups is 1. The number of hydrogen-bond acceptors (Lipinski definition) is 5. The molecule has 0 fully saturated rings. The van der Waals surface area contributed by atoms with Crippen molar-refractivity contribution in [2.24, 2.45) is 0 Å². The van der Waals surface area contributed by atoms with Crippen molar-refractivity contribution in [2.75, 3.05) is 40.9 Å². The van der Waals surface area contributed by atoms with Crippen LogP contribution in [0.15, 0.2) is 60.8 Å². The Balaban J connectivity index is 4.52. The Morgan fingerprint density at radius 3 is 1.63 bits per heavy atom. The second kappa shape index (κ2) is 36.8. The third-order valence-electron chi connectivity index (χ3n) is 9.24. The second-order valence-electron chi connectivity index (χ2n) is 15.7. The van der Waals surface area contributed by atoms with E-state index in [1.807, 2.05) is 27.2 Å². The van der Waals surface area contributed by atoms with Crippen LogP contribution in [-0.4, -0.2) is 73.4 Å². The van der Waals surface area contributed by atoms with Crippen molar-refractivity contribution in [3.05, 3.63) is 60.8 Å². The number of nitrogens with zero attached hydrogens (tertiary/aromatic N) is 1. The highest BCUT2D eigenvalue weighted by molar-refractivity contribution is 7.47. The molecule has 8 nitrogen and oxygen atoms in total. The predicted molar refractivity (Wildman–Crippen MR) is 230 cm³/mol. The fraction of sp³-hybridized carbons (Fsp3) is 0.756. The number of carbonyl (C=O) groups excluding carboxylic acids is 1. The maximum absolute atomic E-state index is 12.8. The summed E-state index contributed by atoms with van der Waals surface area (Å²) in [5.41, 5.74) is 0. The van der Waals surface area contributed by atoms with Gasteiger partial charge in [-0.15, -0.1) is 0 Å². The number of quaternary nitrogens is 1. The van der Waals surface area contributed by atoms with E-state index < -0.39 is 20.0 Å². The summed E-state index contributed by atoms with van der Waals surface area (Å²) in [7, 11) is 1.54. The smallest absolute Gasteiger partial charge is 0.387 e. The quantitative estimate of drug-likeness (QED) is 0.0249. The summed E-state index contributed by atoms with van der Waals surface area (Å²) in [4.78, 5) is 23.1. The van der Waals surface area contributed by atoms with Crippen molar-refractivity contribution in [2.45, 2.75) is 180 Å². The molecule has 0 bridgehead atoms. The van der Waals surface area contributed by atoms with Gasteiger partial charge in [0.1, 0.15) is 13.2 Å². The van der Waals surface area contributed by atoms with Crippen molar-refractivity contribution in [3.63, 3.8) is 0 Å². The number of allylic oxidation sites excluding steroid dienone is 9. The molecule has 0 saturated carbocycles. The van der Waals surface area contributed by atoms with E-state index in [9.17, 15) is 19.4 Å². The van der Waals surface area contributed by atoms with Crippen LogP contribution in [0.25, 0.3) is 0 Å². The molecule has 0 saturated heterocycles. The monoisotopic (exact) mass is 780 g/mol. The van der Waals surface area contributed by atoms with Crippen molar-refractivity contribution < 1.29 is 32.9 Å². The van der Waals surface area contributed by atoms with Crippen molar-refractivity contribution >= 4 is 13.7 Å². The van der Waals surface area contributed by atoms with E-state index in [-0.39, 0.29) is 19.1 Å². The van der Waals surface area contributed by atoms with E-state index in [4.69, 9.17) is 9.05 Å². The van der Waals surface area contributed by atoms with Gasteiger partial charge in [0.15, 0.2) is 0 Å². The zero-order chi connectivity index (χ0) is 40.0. The average Bonchev–Trinajstić information content (AvgIpc) is 3.12. The van der Waals surface area contributed by atoms with Crippen LogP contribution < -0.4 is 5.32 Å². The second-order valence-corrected chi connectivity index (χ2v) is 17.1. The van der Waals surface area contributed by atoms with Gasteiger partial charge in [-0.2, -0.15) is 0 Å². The van der Waals surface area contributed by atoms with Crippen LogP contribution in [0.3, 0.4) is 0 Å². The van der Waals surface area contributed by atoms with Gasteiger partial charge in [-0.25, -0.2) is 4.57 Å². The minimum absolute atomic E-state index is 0.0537. The largest absolute Gasteiger partial charge is 0.472 e. The number of amides is 1. The molecule has 3 atom stereocenters. The molecule has 314 valence electrons. The van der Waals surface area contributed by atoms with Crippen LogP contribution in [-0.2, 0) is 18.4 Å². The maximum Gasteiger partial charge on any atom is 0.472 e. The summed E-state index contributed by atoms with van der Waals surface area (Å²) in [6.45, 7) is 4.66. The summed E-state index contributed by atoms with van der Waals surface area (Å²) >= 11 is 0. The van der Waals surface area contributed by atoms with E-state index in [1.54, 1.807) is 6.08 Å². The molecule has 3 unspecified atom stereocenters. The minimum atomic E-state index is -4.34. The van der Waals surface area contributed by atoms with Crippen LogP contribution in [0.1, 0.15) is 168 Å². The van der Waals surface area contributed by atoms with Gasteiger partial charge in [0.25, 0.3) is 0 Å². The Morgan fingerprint density at radius 2 is 1.11 bits per heavy atom. The lowest BCUT2D eigenvalue weighted by molar-refractivity contribution is -0.870.